The minimum absolute atomic E-state index is 0.103. The van der Waals surface area contributed by atoms with E-state index in [1.165, 1.54) is 6.21 Å². The lowest BCUT2D eigenvalue weighted by atomic mass is 9.96. The number of piperazine rings is 1. The van der Waals surface area contributed by atoms with Crippen LogP contribution in [-0.2, 0) is 13.0 Å². The highest BCUT2D eigenvalue weighted by atomic mass is 16.1. The van der Waals surface area contributed by atoms with Gasteiger partial charge in [0.25, 0.3) is 11.5 Å². The second-order valence-corrected chi connectivity index (χ2v) is 10.8. The molecule has 2 aromatic heterocycles. The molecule has 0 saturated carbocycles. The lowest BCUT2D eigenvalue weighted by Gasteiger charge is -2.33. The number of aryl methyl sites for hydroxylation is 2. The van der Waals surface area contributed by atoms with Gasteiger partial charge in [0.05, 0.1) is 5.56 Å². The number of rotatable bonds is 10. The molecule has 1 aliphatic heterocycles. The second-order valence-electron chi connectivity index (χ2n) is 10.8. The molecule has 3 aromatic rings. The van der Waals surface area contributed by atoms with E-state index < -0.39 is 0 Å². The van der Waals surface area contributed by atoms with Gasteiger partial charge in [0.1, 0.15) is 5.82 Å². The van der Waals surface area contributed by atoms with Crippen LogP contribution in [0.3, 0.4) is 0 Å². The Kier molecular flexibility index (Phi) is 9.37. The van der Waals surface area contributed by atoms with Crippen LogP contribution in [0.1, 0.15) is 59.9 Å². The quantitative estimate of drug-likeness (QED) is 0.285. The van der Waals surface area contributed by atoms with Gasteiger partial charge >= 0.3 is 0 Å². The van der Waals surface area contributed by atoms with Crippen LogP contribution in [0.15, 0.2) is 41.3 Å². The van der Waals surface area contributed by atoms with Crippen LogP contribution >= 0.6 is 0 Å². The van der Waals surface area contributed by atoms with Crippen LogP contribution in [0, 0.1) is 12.3 Å². The maximum Gasteiger partial charge on any atom is 0.253 e. The molecule has 0 unspecified atom stereocenters. The number of carbonyl (C=O) groups is 1. The first kappa shape index (κ1) is 29.0. The molecule has 3 heterocycles. The van der Waals surface area contributed by atoms with Crippen molar-refractivity contribution in [2.75, 3.05) is 43.4 Å². The Morgan fingerprint density at radius 1 is 1.15 bits per heavy atom. The lowest BCUT2D eigenvalue weighted by molar-refractivity contribution is 0.0950. The van der Waals surface area contributed by atoms with E-state index in [0.717, 1.165) is 67.2 Å². The van der Waals surface area contributed by atoms with Gasteiger partial charge in [0, 0.05) is 73.7 Å². The van der Waals surface area contributed by atoms with Gasteiger partial charge in [-0.15, -0.1) is 0 Å². The number of nitrogens with zero attached hydrogens (tertiary/aromatic N) is 3. The van der Waals surface area contributed by atoms with Crippen molar-refractivity contribution < 1.29 is 4.79 Å². The van der Waals surface area contributed by atoms with Gasteiger partial charge in [-0.2, -0.15) is 0 Å². The molecule has 9 nitrogen and oxygen atoms in total. The maximum absolute atomic E-state index is 13.6. The summed E-state index contributed by atoms with van der Waals surface area (Å²) in [6.45, 7) is 11.9. The van der Waals surface area contributed by atoms with E-state index in [1.807, 2.05) is 51.2 Å². The lowest BCUT2D eigenvalue weighted by Crippen LogP contribution is -2.44. The number of hydrogen-bond acceptors (Lipinski definition) is 7. The molecule has 4 N–H and O–H groups in total. The van der Waals surface area contributed by atoms with Crippen molar-refractivity contribution in [2.24, 2.45) is 0 Å². The Hall–Kier alpha value is -3.98. The number of benzene rings is 1. The molecule has 1 fully saturated rings. The summed E-state index contributed by atoms with van der Waals surface area (Å²) in [6.07, 6.45) is 4.68. The normalized spacial score (nSPS) is 13.9. The Bertz CT molecular complexity index is 1420. The van der Waals surface area contributed by atoms with E-state index in [1.54, 1.807) is 0 Å². The molecule has 1 aromatic carbocycles. The fraction of sp³-hybridized carbons (Fsp3) is 0.419. The number of pyridine rings is 2. The smallest absolute Gasteiger partial charge is 0.253 e. The Balaban J connectivity index is 1.70. The van der Waals surface area contributed by atoms with Crippen LogP contribution in [0.5, 0.6) is 0 Å². The Morgan fingerprint density at radius 3 is 2.58 bits per heavy atom. The number of amides is 1. The minimum atomic E-state index is -0.331. The van der Waals surface area contributed by atoms with Gasteiger partial charge in [-0.3, -0.25) is 9.59 Å². The first-order valence-corrected chi connectivity index (χ1v) is 14.0. The van der Waals surface area contributed by atoms with Crippen molar-refractivity contribution in [3.8, 4) is 11.1 Å². The molecule has 40 heavy (non-hydrogen) atoms. The van der Waals surface area contributed by atoms with E-state index in [-0.39, 0.29) is 24.1 Å². The zero-order valence-electron chi connectivity index (χ0n) is 24.2. The van der Waals surface area contributed by atoms with Gasteiger partial charge in [-0.1, -0.05) is 13.3 Å². The predicted octanol–water partition coefficient (Wildman–Crippen LogP) is 4.20. The molecule has 1 saturated heterocycles. The number of H-pyrrole nitrogens is 1. The number of carbonyl (C=O) groups excluding carboxylic acids is 1. The SMILES string of the molecule is CCCc1cc(C)[nH]c(=O)c1CNC(=O)c1cc(-c2ccnc(N3CCN(C)CC3)c2)cc(NC(C)C)c1C=N. The van der Waals surface area contributed by atoms with Crippen molar-refractivity contribution in [1.82, 2.24) is 20.2 Å². The van der Waals surface area contributed by atoms with Gasteiger partial charge < -0.3 is 30.8 Å². The molecule has 0 aliphatic carbocycles. The molecule has 0 bridgehead atoms. The molecule has 0 spiro atoms. The molecule has 9 heteroatoms. The van der Waals surface area contributed by atoms with Gasteiger partial charge in [-0.05, 0) is 81.3 Å². The maximum atomic E-state index is 13.6. The van der Waals surface area contributed by atoms with Crippen molar-refractivity contribution in [3.05, 3.63) is 74.8 Å². The standard InChI is InChI=1S/C31H41N7O2/c1-6-7-23-14-21(4)36-31(40)27(23)19-34-30(39)25-15-24(16-28(26(25)18-32)35-20(2)3)22-8-9-33-29(17-22)38-12-10-37(5)11-13-38/h8-9,14-18,20,32,35H,6-7,10-13,19H2,1-5H3,(H,34,39)(H,36,40). The summed E-state index contributed by atoms with van der Waals surface area (Å²) in [4.78, 5) is 38.4. The van der Waals surface area contributed by atoms with Crippen molar-refractivity contribution in [2.45, 2.75) is 53.1 Å². The van der Waals surface area contributed by atoms with Crippen LogP contribution in [0.2, 0.25) is 0 Å². The second kappa shape index (κ2) is 12.9. The van der Waals surface area contributed by atoms with E-state index in [0.29, 0.717) is 22.4 Å². The molecule has 0 atom stereocenters. The summed E-state index contributed by atoms with van der Waals surface area (Å²) < 4.78 is 0. The molecule has 0 radical (unpaired) electrons. The molecule has 1 amide bonds. The highest BCUT2D eigenvalue weighted by Gasteiger charge is 2.20. The third kappa shape index (κ3) is 6.77. The first-order chi connectivity index (χ1) is 19.2. The molecular weight excluding hydrogens is 502 g/mol. The topological polar surface area (TPSA) is 117 Å². The van der Waals surface area contributed by atoms with Crippen LogP contribution in [0.4, 0.5) is 11.5 Å². The number of hydrogen-bond donors (Lipinski definition) is 4. The zero-order chi connectivity index (χ0) is 28.8. The van der Waals surface area contributed by atoms with E-state index >= 15 is 0 Å². The van der Waals surface area contributed by atoms with Crippen LogP contribution < -0.4 is 21.1 Å². The summed E-state index contributed by atoms with van der Waals surface area (Å²) in [5, 5.41) is 14.5. The van der Waals surface area contributed by atoms with E-state index in [9.17, 15) is 9.59 Å². The monoisotopic (exact) mass is 543 g/mol. The van der Waals surface area contributed by atoms with Crippen LogP contribution in [0.25, 0.3) is 11.1 Å². The number of likely N-dealkylation sites (N-methyl/N-ethyl adjacent to an activating group) is 1. The first-order valence-electron chi connectivity index (χ1n) is 14.0. The van der Waals surface area contributed by atoms with E-state index in [2.05, 4.69) is 50.4 Å². The largest absolute Gasteiger partial charge is 0.382 e. The minimum Gasteiger partial charge on any atom is -0.382 e. The summed E-state index contributed by atoms with van der Waals surface area (Å²) in [7, 11) is 2.13. The summed E-state index contributed by atoms with van der Waals surface area (Å²) in [6, 6.07) is 9.91. The van der Waals surface area contributed by atoms with Gasteiger partial charge in [0.15, 0.2) is 0 Å². The third-order valence-electron chi connectivity index (χ3n) is 7.23. The fourth-order valence-corrected chi connectivity index (χ4v) is 5.14. The fourth-order valence-electron chi connectivity index (χ4n) is 5.14. The summed E-state index contributed by atoms with van der Waals surface area (Å²) in [5.41, 5.74) is 5.55. The molecule has 1 aliphatic rings. The van der Waals surface area contributed by atoms with Crippen molar-refractivity contribution in [1.29, 1.82) is 5.41 Å². The summed E-state index contributed by atoms with van der Waals surface area (Å²) in [5.74, 6) is 0.580. The average Bonchev–Trinajstić information content (AvgIpc) is 2.92. The highest BCUT2D eigenvalue weighted by molar-refractivity contribution is 6.06. The van der Waals surface area contributed by atoms with Gasteiger partial charge in [0.2, 0.25) is 0 Å². The third-order valence-corrected chi connectivity index (χ3v) is 7.23. The molecule has 4 rings (SSSR count). The van der Waals surface area contributed by atoms with Crippen LogP contribution in [-0.4, -0.2) is 66.3 Å². The summed E-state index contributed by atoms with van der Waals surface area (Å²) >= 11 is 0. The zero-order valence-corrected chi connectivity index (χ0v) is 24.2. The number of aromatic amines is 1. The Morgan fingerprint density at radius 2 is 1.90 bits per heavy atom. The number of nitrogens with one attached hydrogen (secondary N) is 4. The predicted molar refractivity (Wildman–Crippen MR) is 163 cm³/mol. The molecular formula is C31H41N7O2. The average molecular weight is 544 g/mol. The number of anilines is 2. The van der Waals surface area contributed by atoms with E-state index in [4.69, 9.17) is 5.41 Å². The van der Waals surface area contributed by atoms with Gasteiger partial charge in [-0.25, -0.2) is 4.98 Å². The Labute approximate surface area is 236 Å². The highest BCUT2D eigenvalue weighted by Crippen LogP contribution is 2.31. The van der Waals surface area contributed by atoms with Crippen molar-refractivity contribution in [3.63, 3.8) is 0 Å². The number of aromatic nitrogens is 2. The molecule has 212 valence electrons. The van der Waals surface area contributed by atoms with Crippen molar-refractivity contribution >= 4 is 23.6 Å².